The zero-order chi connectivity index (χ0) is 20.4. The number of carboxylic acid groups (broad SMARTS) is 1. The van der Waals surface area contributed by atoms with Crippen LogP contribution in [0.4, 0.5) is 0 Å². The molecule has 1 heterocycles. The van der Waals surface area contributed by atoms with Gasteiger partial charge in [-0.25, -0.2) is 4.79 Å². The molecule has 0 saturated heterocycles. The second-order valence-electron chi connectivity index (χ2n) is 6.68. The van der Waals surface area contributed by atoms with E-state index >= 15 is 0 Å². The van der Waals surface area contributed by atoms with Gasteiger partial charge in [0.15, 0.2) is 0 Å². The molecule has 2 aromatic carbocycles. The number of nitrogens with zero attached hydrogens (tertiary/aromatic N) is 1. The van der Waals surface area contributed by atoms with E-state index in [4.69, 9.17) is 0 Å². The first-order valence-corrected chi connectivity index (χ1v) is 9.17. The van der Waals surface area contributed by atoms with Gasteiger partial charge in [-0.1, -0.05) is 42.5 Å². The summed E-state index contributed by atoms with van der Waals surface area (Å²) in [4.78, 5) is 24.0. The predicted molar refractivity (Wildman–Crippen MR) is 109 cm³/mol. The molecule has 1 unspecified atom stereocenters. The molecular weight excluding hydrogens is 376 g/mol. The third-order valence-electron chi connectivity index (χ3n) is 4.87. The Morgan fingerprint density at radius 1 is 1.14 bits per heavy atom. The van der Waals surface area contributed by atoms with Gasteiger partial charge in [0.25, 0.3) is 5.70 Å². The van der Waals surface area contributed by atoms with Crippen molar-refractivity contribution < 1.29 is 14.8 Å². The Balaban J connectivity index is 2.24. The van der Waals surface area contributed by atoms with Gasteiger partial charge in [-0.2, -0.15) is 0 Å². The van der Waals surface area contributed by atoms with E-state index in [0.29, 0.717) is 28.3 Å². The number of hydrogen-bond donors (Lipinski definition) is 3. The van der Waals surface area contributed by atoms with Crippen molar-refractivity contribution in [2.75, 3.05) is 0 Å². The van der Waals surface area contributed by atoms with E-state index in [9.17, 15) is 20.0 Å². The van der Waals surface area contributed by atoms with Crippen molar-refractivity contribution in [3.05, 3.63) is 98.0 Å². The summed E-state index contributed by atoms with van der Waals surface area (Å²) in [5.74, 6) is -2.17. The molecule has 0 saturated carbocycles. The molecule has 2 aromatic rings. The highest BCUT2D eigenvalue weighted by atomic mass is 32.1. The fourth-order valence-electron chi connectivity index (χ4n) is 3.67. The molecule has 0 fully saturated rings. The molecule has 1 aliphatic heterocycles. The summed E-state index contributed by atoms with van der Waals surface area (Å²) in [7, 11) is 0. The Labute approximate surface area is 168 Å². The summed E-state index contributed by atoms with van der Waals surface area (Å²) in [6.07, 6.45) is 0.496. The van der Waals surface area contributed by atoms with Crippen molar-refractivity contribution in [1.29, 1.82) is 0 Å². The van der Waals surface area contributed by atoms with Gasteiger partial charge in [0.05, 0.1) is 16.2 Å². The lowest BCUT2D eigenvalue weighted by molar-refractivity contribution is -0.431. The van der Waals surface area contributed by atoms with E-state index in [1.165, 1.54) is 0 Å². The molecule has 6 nitrogen and oxygen atoms in total. The lowest BCUT2D eigenvalue weighted by atomic mass is 9.81. The Bertz CT molecular complexity index is 976. The van der Waals surface area contributed by atoms with E-state index in [2.05, 4.69) is 17.9 Å². The van der Waals surface area contributed by atoms with E-state index in [-0.39, 0.29) is 11.3 Å². The summed E-state index contributed by atoms with van der Waals surface area (Å²) in [6.45, 7) is 3.22. The van der Waals surface area contributed by atoms with Gasteiger partial charge < -0.3 is 10.4 Å². The SMILES string of the molecule is CC1=C(C(=O)O)C(c2cccc(S)c2Cc2ccccc2)C([N+](=O)[O-])=C(C)N1. The summed E-state index contributed by atoms with van der Waals surface area (Å²) in [5.41, 5.74) is 2.94. The van der Waals surface area contributed by atoms with Gasteiger partial charge in [0, 0.05) is 10.6 Å². The zero-order valence-electron chi connectivity index (χ0n) is 15.5. The van der Waals surface area contributed by atoms with Crippen LogP contribution in [0.25, 0.3) is 0 Å². The fraction of sp³-hybridized carbons (Fsp3) is 0.190. The first-order valence-electron chi connectivity index (χ1n) is 8.72. The van der Waals surface area contributed by atoms with E-state index in [1.54, 1.807) is 26.0 Å². The number of dihydropyridines is 1. The highest BCUT2D eigenvalue weighted by Crippen LogP contribution is 2.41. The molecule has 1 atom stereocenters. The van der Waals surface area contributed by atoms with Crippen LogP contribution in [0, 0.1) is 10.1 Å². The quantitative estimate of drug-likeness (QED) is 0.402. The molecule has 0 aliphatic carbocycles. The Morgan fingerprint density at radius 2 is 1.82 bits per heavy atom. The van der Waals surface area contributed by atoms with E-state index in [1.807, 2.05) is 36.4 Å². The van der Waals surface area contributed by atoms with Gasteiger partial charge in [-0.3, -0.25) is 10.1 Å². The number of allylic oxidation sites excluding steroid dienone is 3. The van der Waals surface area contributed by atoms with Gasteiger partial charge in [0.2, 0.25) is 0 Å². The number of benzene rings is 2. The number of aliphatic carboxylic acids is 1. The van der Waals surface area contributed by atoms with Crippen molar-refractivity contribution in [1.82, 2.24) is 5.32 Å². The van der Waals surface area contributed by atoms with Crippen LogP contribution in [0.3, 0.4) is 0 Å². The topological polar surface area (TPSA) is 92.5 Å². The first-order chi connectivity index (χ1) is 13.3. The van der Waals surface area contributed by atoms with Gasteiger partial charge in [-0.05, 0) is 43.0 Å². The molecule has 3 rings (SSSR count). The minimum Gasteiger partial charge on any atom is -0.478 e. The summed E-state index contributed by atoms with van der Waals surface area (Å²) in [5, 5.41) is 24.5. The molecule has 1 aliphatic rings. The molecular formula is C21H20N2O4S. The molecule has 0 spiro atoms. The summed E-state index contributed by atoms with van der Waals surface area (Å²) in [6, 6.07) is 15.0. The zero-order valence-corrected chi connectivity index (χ0v) is 16.4. The second-order valence-corrected chi connectivity index (χ2v) is 7.16. The van der Waals surface area contributed by atoms with Crippen LogP contribution < -0.4 is 5.32 Å². The third-order valence-corrected chi connectivity index (χ3v) is 5.29. The van der Waals surface area contributed by atoms with Gasteiger partial charge >= 0.3 is 5.97 Å². The average Bonchev–Trinajstić information content (AvgIpc) is 2.63. The monoisotopic (exact) mass is 396 g/mol. The lowest BCUT2D eigenvalue weighted by Gasteiger charge is -2.27. The van der Waals surface area contributed by atoms with Crippen LogP contribution in [-0.2, 0) is 11.2 Å². The van der Waals surface area contributed by atoms with Crippen molar-refractivity contribution in [3.8, 4) is 0 Å². The second kappa shape index (κ2) is 7.90. The van der Waals surface area contributed by atoms with Crippen LogP contribution in [-0.4, -0.2) is 16.0 Å². The Morgan fingerprint density at radius 3 is 2.43 bits per heavy atom. The number of thiol groups is 1. The largest absolute Gasteiger partial charge is 0.478 e. The highest BCUT2D eigenvalue weighted by molar-refractivity contribution is 7.80. The van der Waals surface area contributed by atoms with Crippen LogP contribution >= 0.6 is 12.6 Å². The third kappa shape index (κ3) is 3.66. The average molecular weight is 396 g/mol. The minimum absolute atomic E-state index is 0.0226. The molecule has 0 amide bonds. The van der Waals surface area contributed by atoms with Crippen molar-refractivity contribution in [2.45, 2.75) is 31.1 Å². The highest BCUT2D eigenvalue weighted by Gasteiger charge is 2.41. The molecule has 2 N–H and O–H groups in total. The molecule has 28 heavy (non-hydrogen) atoms. The molecule has 7 heteroatoms. The van der Waals surface area contributed by atoms with Crippen molar-refractivity contribution in [3.63, 3.8) is 0 Å². The maximum absolute atomic E-state index is 12.0. The smallest absolute Gasteiger partial charge is 0.334 e. The number of nitrogens with one attached hydrogen (secondary N) is 1. The summed E-state index contributed by atoms with van der Waals surface area (Å²) >= 11 is 4.56. The maximum Gasteiger partial charge on any atom is 0.334 e. The number of carbonyl (C=O) groups is 1. The van der Waals surface area contributed by atoms with Crippen LogP contribution in [0.1, 0.15) is 36.5 Å². The van der Waals surface area contributed by atoms with Crippen LogP contribution in [0.15, 0.2) is 76.1 Å². The molecule has 0 aromatic heterocycles. The molecule has 144 valence electrons. The lowest BCUT2D eigenvalue weighted by Crippen LogP contribution is -2.31. The van der Waals surface area contributed by atoms with Crippen LogP contribution in [0.2, 0.25) is 0 Å². The summed E-state index contributed by atoms with van der Waals surface area (Å²) < 4.78 is 0. The first kappa shape index (κ1) is 19.7. The number of hydrogen-bond acceptors (Lipinski definition) is 5. The molecule has 0 bridgehead atoms. The standard InChI is InChI=1S/C21H20N2O4S/c1-12-18(21(24)25)19(20(23(26)27)13(2)22-12)15-9-6-10-17(28)16(15)11-14-7-4-3-5-8-14/h3-10,19,22,28H,11H2,1-2H3,(H,24,25). The molecule has 0 radical (unpaired) electrons. The van der Waals surface area contributed by atoms with E-state index < -0.39 is 16.8 Å². The number of carboxylic acids is 1. The fourth-order valence-corrected chi connectivity index (χ4v) is 3.96. The number of rotatable bonds is 5. The van der Waals surface area contributed by atoms with E-state index in [0.717, 1.165) is 11.1 Å². The predicted octanol–water partition coefficient (Wildman–Crippen LogP) is 4.12. The maximum atomic E-state index is 12.0. The Hall–Kier alpha value is -3.06. The van der Waals surface area contributed by atoms with Crippen molar-refractivity contribution in [2.24, 2.45) is 0 Å². The normalized spacial score (nSPS) is 16.8. The number of nitro groups is 1. The Kier molecular flexibility index (Phi) is 5.56. The van der Waals surface area contributed by atoms with Crippen molar-refractivity contribution >= 4 is 18.6 Å². The van der Waals surface area contributed by atoms with Gasteiger partial charge in [-0.15, -0.1) is 12.6 Å². The van der Waals surface area contributed by atoms with Crippen LogP contribution in [0.5, 0.6) is 0 Å². The minimum atomic E-state index is -1.18. The van der Waals surface area contributed by atoms with Gasteiger partial charge in [0.1, 0.15) is 5.92 Å².